The van der Waals surface area contributed by atoms with Crippen molar-refractivity contribution in [2.24, 2.45) is 0 Å². The van der Waals surface area contributed by atoms with Crippen LogP contribution in [0.25, 0.3) is 0 Å². The molecule has 0 spiro atoms. The summed E-state index contributed by atoms with van der Waals surface area (Å²) in [6.45, 7) is 0.179. The van der Waals surface area contributed by atoms with Crippen LogP contribution in [-0.4, -0.2) is 29.8 Å². The molecular weight excluding hydrogens is 382 g/mol. The highest BCUT2D eigenvalue weighted by Gasteiger charge is 2.20. The molecule has 0 aliphatic rings. The van der Waals surface area contributed by atoms with Crippen LogP contribution < -0.4 is 9.47 Å². The van der Waals surface area contributed by atoms with Crippen LogP contribution >= 0.6 is 0 Å². The van der Waals surface area contributed by atoms with Gasteiger partial charge in [-0.1, -0.05) is 66.6 Å². The van der Waals surface area contributed by atoms with E-state index in [1.807, 2.05) is 60.7 Å². The smallest absolute Gasteiger partial charge is 0.360 e. The Kier molecular flexibility index (Phi) is 7.42. The maximum atomic E-state index is 12.3. The molecule has 3 aromatic rings. The summed E-state index contributed by atoms with van der Waals surface area (Å²) in [5.41, 5.74) is 2.10. The molecule has 0 radical (unpaired) electrons. The molecule has 6 nitrogen and oxygen atoms in total. The van der Waals surface area contributed by atoms with Gasteiger partial charge in [-0.25, -0.2) is 9.78 Å². The van der Waals surface area contributed by atoms with Crippen LogP contribution in [0.4, 0.5) is 0 Å². The molecule has 1 aromatic heterocycles. The first-order chi connectivity index (χ1) is 14.7. The summed E-state index contributed by atoms with van der Waals surface area (Å²) in [6.07, 6.45) is 0. The summed E-state index contributed by atoms with van der Waals surface area (Å²) in [5, 5.41) is 9.06. The van der Waals surface area contributed by atoms with E-state index in [2.05, 4.69) is 16.8 Å². The van der Waals surface area contributed by atoms with E-state index in [-0.39, 0.29) is 37.0 Å². The van der Waals surface area contributed by atoms with E-state index < -0.39 is 5.97 Å². The molecule has 0 bridgehead atoms. The Morgan fingerprint density at radius 1 is 0.933 bits per heavy atom. The standard InChI is InChI=1S/C24H21NO5/c1-28-24(27)23-22(30-17-19-11-6-3-7-12-19)15-21(20(25-23)13-8-14-26)29-16-18-9-4-2-5-10-18/h2-7,9-12,15,26H,14,16-17H2,1H3. The third-order valence-corrected chi connectivity index (χ3v) is 4.09. The highest BCUT2D eigenvalue weighted by Crippen LogP contribution is 2.28. The predicted molar refractivity (Wildman–Crippen MR) is 111 cm³/mol. The van der Waals surface area contributed by atoms with E-state index in [1.54, 1.807) is 6.07 Å². The number of aliphatic hydroxyl groups is 1. The fourth-order valence-electron chi connectivity index (χ4n) is 2.62. The number of aromatic nitrogens is 1. The van der Waals surface area contributed by atoms with Crippen LogP contribution in [0, 0.1) is 11.8 Å². The van der Waals surface area contributed by atoms with Gasteiger partial charge in [-0.05, 0) is 17.0 Å². The Balaban J connectivity index is 1.94. The second-order valence-corrected chi connectivity index (χ2v) is 6.18. The summed E-state index contributed by atoms with van der Waals surface area (Å²) in [7, 11) is 1.27. The van der Waals surface area contributed by atoms with Gasteiger partial charge in [-0.15, -0.1) is 0 Å². The van der Waals surface area contributed by atoms with Crippen LogP contribution in [0.3, 0.4) is 0 Å². The van der Waals surface area contributed by atoms with Gasteiger partial charge in [0, 0.05) is 6.07 Å². The highest BCUT2D eigenvalue weighted by atomic mass is 16.5. The van der Waals surface area contributed by atoms with Gasteiger partial charge in [0.25, 0.3) is 0 Å². The normalized spacial score (nSPS) is 9.93. The van der Waals surface area contributed by atoms with Crippen molar-refractivity contribution in [3.63, 3.8) is 0 Å². The molecule has 3 rings (SSSR count). The number of hydrogen-bond acceptors (Lipinski definition) is 6. The average Bonchev–Trinajstić information content (AvgIpc) is 2.81. The number of hydrogen-bond donors (Lipinski definition) is 1. The molecule has 6 heteroatoms. The lowest BCUT2D eigenvalue weighted by molar-refractivity contribution is 0.0588. The van der Waals surface area contributed by atoms with E-state index in [0.29, 0.717) is 5.75 Å². The van der Waals surface area contributed by atoms with Crippen LogP contribution in [0.15, 0.2) is 66.7 Å². The molecule has 1 N–H and O–H groups in total. The molecule has 0 aliphatic carbocycles. The first-order valence-electron chi connectivity index (χ1n) is 9.27. The van der Waals surface area contributed by atoms with E-state index in [4.69, 9.17) is 19.3 Å². The Labute approximate surface area is 175 Å². The van der Waals surface area contributed by atoms with Gasteiger partial charge < -0.3 is 19.3 Å². The minimum atomic E-state index is -0.653. The topological polar surface area (TPSA) is 77.9 Å². The average molecular weight is 403 g/mol. The van der Waals surface area contributed by atoms with Crippen LogP contribution in [-0.2, 0) is 18.0 Å². The van der Waals surface area contributed by atoms with Gasteiger partial charge in [0.05, 0.1) is 7.11 Å². The maximum absolute atomic E-state index is 12.3. The van der Waals surface area contributed by atoms with Gasteiger partial charge in [0.2, 0.25) is 0 Å². The lowest BCUT2D eigenvalue weighted by atomic mass is 10.2. The fraction of sp³-hybridized carbons (Fsp3) is 0.167. The number of nitrogens with zero attached hydrogens (tertiary/aromatic N) is 1. The summed E-state index contributed by atoms with van der Waals surface area (Å²) >= 11 is 0. The Hall–Kier alpha value is -3.82. The van der Waals surface area contributed by atoms with Gasteiger partial charge in [0.1, 0.15) is 19.8 Å². The lowest BCUT2D eigenvalue weighted by Crippen LogP contribution is -2.11. The van der Waals surface area contributed by atoms with Crippen LogP contribution in [0.1, 0.15) is 27.3 Å². The third kappa shape index (κ3) is 5.60. The molecule has 0 atom stereocenters. The Morgan fingerprint density at radius 2 is 1.50 bits per heavy atom. The molecule has 0 aliphatic heterocycles. The van der Waals surface area contributed by atoms with Crippen molar-refractivity contribution in [1.82, 2.24) is 4.98 Å². The summed E-state index contributed by atoms with van der Waals surface area (Å²) < 4.78 is 16.6. The number of methoxy groups -OCH3 is 1. The molecule has 0 fully saturated rings. The third-order valence-electron chi connectivity index (χ3n) is 4.09. The van der Waals surface area contributed by atoms with Gasteiger partial charge in [-0.2, -0.15) is 0 Å². The highest BCUT2D eigenvalue weighted by molar-refractivity contribution is 5.90. The van der Waals surface area contributed by atoms with Crippen molar-refractivity contribution in [2.45, 2.75) is 13.2 Å². The zero-order valence-electron chi connectivity index (χ0n) is 16.5. The van der Waals surface area contributed by atoms with Crippen molar-refractivity contribution < 1.29 is 24.1 Å². The molecule has 2 aromatic carbocycles. The van der Waals surface area contributed by atoms with Gasteiger partial charge in [-0.3, -0.25) is 0 Å². The fourth-order valence-corrected chi connectivity index (χ4v) is 2.62. The van der Waals surface area contributed by atoms with E-state index >= 15 is 0 Å². The quantitative estimate of drug-likeness (QED) is 0.481. The summed E-state index contributed by atoms with van der Waals surface area (Å²) in [5.74, 6) is 5.17. The van der Waals surface area contributed by atoms with Crippen molar-refractivity contribution in [3.8, 4) is 23.3 Å². The molecule has 152 valence electrons. The van der Waals surface area contributed by atoms with Gasteiger partial charge in [0.15, 0.2) is 22.9 Å². The lowest BCUT2D eigenvalue weighted by Gasteiger charge is -2.14. The molecule has 0 unspecified atom stereocenters. The zero-order valence-corrected chi connectivity index (χ0v) is 16.5. The number of benzene rings is 2. The minimum absolute atomic E-state index is 0.0114. The molecule has 30 heavy (non-hydrogen) atoms. The maximum Gasteiger partial charge on any atom is 0.360 e. The molecule has 0 amide bonds. The van der Waals surface area contributed by atoms with E-state index in [0.717, 1.165) is 11.1 Å². The number of ether oxygens (including phenoxy) is 3. The monoisotopic (exact) mass is 403 g/mol. The van der Waals surface area contributed by atoms with Crippen molar-refractivity contribution in [3.05, 3.63) is 89.2 Å². The number of pyridine rings is 1. The minimum Gasteiger partial charge on any atom is -0.486 e. The van der Waals surface area contributed by atoms with E-state index in [9.17, 15) is 4.79 Å². The second-order valence-electron chi connectivity index (χ2n) is 6.18. The number of carbonyl (C=O) groups excluding carboxylic acids is 1. The van der Waals surface area contributed by atoms with Crippen LogP contribution in [0.5, 0.6) is 11.5 Å². The summed E-state index contributed by atoms with van der Waals surface area (Å²) in [4.78, 5) is 16.6. The van der Waals surface area contributed by atoms with Crippen LogP contribution in [0.2, 0.25) is 0 Å². The second kappa shape index (κ2) is 10.6. The summed E-state index contributed by atoms with van der Waals surface area (Å²) in [6, 6.07) is 20.7. The van der Waals surface area contributed by atoms with Crippen molar-refractivity contribution in [1.29, 1.82) is 0 Å². The first-order valence-corrected chi connectivity index (χ1v) is 9.27. The molecule has 0 saturated carbocycles. The van der Waals surface area contributed by atoms with Gasteiger partial charge >= 0.3 is 5.97 Å². The first kappa shape index (κ1) is 20.9. The molecule has 1 heterocycles. The number of esters is 1. The molecular formula is C24H21NO5. The molecule has 0 saturated heterocycles. The van der Waals surface area contributed by atoms with Crippen molar-refractivity contribution >= 4 is 5.97 Å². The predicted octanol–water partition coefficient (Wildman–Crippen LogP) is 3.37. The Morgan fingerprint density at radius 3 is 2.03 bits per heavy atom. The SMILES string of the molecule is COC(=O)c1nc(C#CCO)c(OCc2ccccc2)cc1OCc1ccccc1. The number of rotatable bonds is 7. The zero-order chi connectivity index (χ0) is 21.2. The largest absolute Gasteiger partial charge is 0.486 e. The van der Waals surface area contributed by atoms with E-state index in [1.165, 1.54) is 7.11 Å². The number of aliphatic hydroxyl groups excluding tert-OH is 1. The Bertz CT molecular complexity index is 1040. The van der Waals surface area contributed by atoms with Crippen molar-refractivity contribution in [2.75, 3.05) is 13.7 Å². The number of carbonyl (C=O) groups is 1.